The minimum absolute atomic E-state index is 0.0748. The van der Waals surface area contributed by atoms with Crippen molar-refractivity contribution in [2.45, 2.75) is 51.7 Å². The summed E-state index contributed by atoms with van der Waals surface area (Å²) in [7, 11) is 0. The second kappa shape index (κ2) is 10.4. The highest BCUT2D eigenvalue weighted by molar-refractivity contribution is 5.91. The van der Waals surface area contributed by atoms with E-state index in [0.717, 1.165) is 30.3 Å². The number of carbonyl (C=O) groups excluding carboxylic acids is 2. The van der Waals surface area contributed by atoms with Crippen LogP contribution in [0.4, 0.5) is 5.69 Å². The van der Waals surface area contributed by atoms with Crippen LogP contribution in [-0.4, -0.2) is 33.6 Å². The first kappa shape index (κ1) is 23.3. The Labute approximate surface area is 196 Å². The first-order chi connectivity index (χ1) is 16.5. The molecule has 0 radical (unpaired) electrons. The van der Waals surface area contributed by atoms with E-state index >= 15 is 0 Å². The summed E-state index contributed by atoms with van der Waals surface area (Å²) in [6.45, 7) is 1.72. The molecule has 1 aliphatic rings. The van der Waals surface area contributed by atoms with E-state index in [0.29, 0.717) is 23.6 Å². The van der Waals surface area contributed by atoms with E-state index in [4.69, 9.17) is 4.74 Å². The number of aromatic nitrogens is 2. The van der Waals surface area contributed by atoms with Gasteiger partial charge in [0.25, 0.3) is 5.56 Å². The molecule has 1 aromatic heterocycles. The second-order valence-electron chi connectivity index (χ2n) is 8.33. The SMILES string of the molecule is CCOc1ccc(NC(=O)Cn2c(=O)n(CC(=O)NC3CCCC3)c(=O)c3ccccc32)cc1. The quantitative estimate of drug-likeness (QED) is 0.531. The molecule has 1 saturated carbocycles. The van der Waals surface area contributed by atoms with Gasteiger partial charge in [-0.05, 0) is 56.2 Å². The molecule has 2 aromatic carbocycles. The molecule has 9 nitrogen and oxygen atoms in total. The summed E-state index contributed by atoms with van der Waals surface area (Å²) < 4.78 is 7.53. The second-order valence-corrected chi connectivity index (χ2v) is 8.33. The fraction of sp³-hybridized carbons (Fsp3) is 0.360. The minimum atomic E-state index is -0.702. The predicted octanol–water partition coefficient (Wildman–Crippen LogP) is 2.26. The van der Waals surface area contributed by atoms with Crippen LogP contribution in [-0.2, 0) is 22.7 Å². The Morgan fingerprint density at radius 2 is 1.62 bits per heavy atom. The van der Waals surface area contributed by atoms with Crippen molar-refractivity contribution in [2.24, 2.45) is 0 Å². The van der Waals surface area contributed by atoms with Crippen molar-refractivity contribution in [3.05, 3.63) is 69.4 Å². The van der Waals surface area contributed by atoms with Crippen LogP contribution >= 0.6 is 0 Å². The number of fused-ring (bicyclic) bond motifs is 1. The standard InChI is InChI=1S/C25H28N4O5/c1-2-34-19-13-11-18(12-14-19)27-22(30)15-28-21-10-6-5-9-20(21)24(32)29(25(28)33)16-23(31)26-17-7-3-4-8-17/h5-6,9-14,17H,2-4,7-8,15-16H2,1H3,(H,26,31)(H,27,30). The molecule has 3 aromatic rings. The molecule has 9 heteroatoms. The van der Waals surface area contributed by atoms with Crippen LogP contribution in [0.15, 0.2) is 58.1 Å². The van der Waals surface area contributed by atoms with Crippen molar-refractivity contribution >= 4 is 28.4 Å². The van der Waals surface area contributed by atoms with Gasteiger partial charge in [-0.15, -0.1) is 0 Å². The summed E-state index contributed by atoms with van der Waals surface area (Å²) in [5, 5.41) is 5.92. The molecule has 34 heavy (non-hydrogen) atoms. The van der Waals surface area contributed by atoms with Gasteiger partial charge in [0.1, 0.15) is 18.8 Å². The maximum absolute atomic E-state index is 13.2. The average Bonchev–Trinajstić information content (AvgIpc) is 3.34. The third-order valence-electron chi connectivity index (χ3n) is 5.91. The van der Waals surface area contributed by atoms with Crippen LogP contribution in [0.1, 0.15) is 32.6 Å². The molecule has 1 aliphatic carbocycles. The lowest BCUT2D eigenvalue weighted by Crippen LogP contribution is -2.46. The minimum Gasteiger partial charge on any atom is -0.494 e. The monoisotopic (exact) mass is 464 g/mol. The van der Waals surface area contributed by atoms with Gasteiger partial charge in [-0.3, -0.25) is 23.5 Å². The van der Waals surface area contributed by atoms with E-state index in [1.807, 2.05) is 6.92 Å². The van der Waals surface area contributed by atoms with Gasteiger partial charge in [-0.25, -0.2) is 4.79 Å². The predicted molar refractivity (Wildman–Crippen MR) is 129 cm³/mol. The van der Waals surface area contributed by atoms with E-state index in [1.54, 1.807) is 48.5 Å². The van der Waals surface area contributed by atoms with Gasteiger partial charge in [-0.2, -0.15) is 0 Å². The summed E-state index contributed by atoms with van der Waals surface area (Å²) in [6.07, 6.45) is 3.90. The molecule has 1 heterocycles. The molecule has 0 bridgehead atoms. The van der Waals surface area contributed by atoms with Gasteiger partial charge in [0, 0.05) is 11.7 Å². The maximum atomic E-state index is 13.2. The number of nitrogens with zero attached hydrogens (tertiary/aromatic N) is 2. The molecule has 0 spiro atoms. The van der Waals surface area contributed by atoms with E-state index in [2.05, 4.69) is 10.6 Å². The number of benzene rings is 2. The summed E-state index contributed by atoms with van der Waals surface area (Å²) >= 11 is 0. The van der Waals surface area contributed by atoms with Gasteiger partial charge >= 0.3 is 5.69 Å². The number of carbonyl (C=O) groups is 2. The highest BCUT2D eigenvalue weighted by atomic mass is 16.5. The summed E-state index contributed by atoms with van der Waals surface area (Å²) in [4.78, 5) is 51.5. The molecular weight excluding hydrogens is 436 g/mol. The number of hydrogen-bond donors (Lipinski definition) is 2. The fourth-order valence-electron chi connectivity index (χ4n) is 4.30. The van der Waals surface area contributed by atoms with Crippen molar-refractivity contribution < 1.29 is 14.3 Å². The van der Waals surface area contributed by atoms with Gasteiger partial charge in [-0.1, -0.05) is 25.0 Å². The molecule has 0 unspecified atom stereocenters. The van der Waals surface area contributed by atoms with Crippen molar-refractivity contribution in [3.8, 4) is 5.75 Å². The number of rotatable bonds is 8. The van der Waals surface area contributed by atoms with Gasteiger partial charge in [0.15, 0.2) is 0 Å². The third kappa shape index (κ3) is 5.19. The van der Waals surface area contributed by atoms with E-state index in [1.165, 1.54) is 4.57 Å². The van der Waals surface area contributed by atoms with Crippen molar-refractivity contribution in [1.29, 1.82) is 0 Å². The Morgan fingerprint density at radius 3 is 2.32 bits per heavy atom. The molecule has 178 valence electrons. The summed E-state index contributed by atoms with van der Waals surface area (Å²) in [5.74, 6) is -0.130. The van der Waals surface area contributed by atoms with Crippen LogP contribution < -0.4 is 26.6 Å². The Kier molecular flexibility index (Phi) is 7.10. The summed E-state index contributed by atoms with van der Waals surface area (Å²) in [6, 6.07) is 13.5. The molecule has 4 rings (SSSR count). The highest BCUT2D eigenvalue weighted by Gasteiger charge is 2.20. The van der Waals surface area contributed by atoms with Crippen LogP contribution in [0.3, 0.4) is 0 Å². The molecular formula is C25H28N4O5. The zero-order valence-electron chi connectivity index (χ0n) is 19.1. The fourth-order valence-corrected chi connectivity index (χ4v) is 4.30. The average molecular weight is 465 g/mol. The van der Waals surface area contributed by atoms with E-state index < -0.39 is 17.2 Å². The molecule has 0 saturated heterocycles. The Hall–Kier alpha value is -3.88. The van der Waals surface area contributed by atoms with Crippen LogP contribution in [0.5, 0.6) is 5.75 Å². The normalized spacial score (nSPS) is 13.7. The number of para-hydroxylation sites is 1. The Morgan fingerprint density at radius 1 is 0.941 bits per heavy atom. The lowest BCUT2D eigenvalue weighted by Gasteiger charge is -2.16. The van der Waals surface area contributed by atoms with Crippen molar-refractivity contribution in [3.63, 3.8) is 0 Å². The third-order valence-corrected chi connectivity index (χ3v) is 5.91. The van der Waals surface area contributed by atoms with Crippen LogP contribution in [0.2, 0.25) is 0 Å². The van der Waals surface area contributed by atoms with Gasteiger partial charge in [0.05, 0.1) is 17.5 Å². The zero-order chi connectivity index (χ0) is 24.1. The molecule has 1 fully saturated rings. The van der Waals surface area contributed by atoms with Crippen LogP contribution in [0.25, 0.3) is 10.9 Å². The lowest BCUT2D eigenvalue weighted by molar-refractivity contribution is -0.122. The first-order valence-corrected chi connectivity index (χ1v) is 11.5. The maximum Gasteiger partial charge on any atom is 0.332 e. The van der Waals surface area contributed by atoms with E-state index in [9.17, 15) is 19.2 Å². The van der Waals surface area contributed by atoms with Crippen LogP contribution in [0, 0.1) is 0 Å². The van der Waals surface area contributed by atoms with Gasteiger partial charge < -0.3 is 15.4 Å². The number of amides is 2. The van der Waals surface area contributed by atoms with E-state index in [-0.39, 0.29) is 30.4 Å². The first-order valence-electron chi connectivity index (χ1n) is 11.5. The molecule has 2 N–H and O–H groups in total. The van der Waals surface area contributed by atoms with Gasteiger partial charge in [0.2, 0.25) is 11.8 Å². The number of nitrogens with one attached hydrogen (secondary N) is 2. The zero-order valence-corrected chi connectivity index (χ0v) is 19.1. The number of ether oxygens (including phenoxy) is 1. The molecule has 2 amide bonds. The van der Waals surface area contributed by atoms with Crippen molar-refractivity contribution in [2.75, 3.05) is 11.9 Å². The number of anilines is 1. The topological polar surface area (TPSA) is 111 Å². The summed E-state index contributed by atoms with van der Waals surface area (Å²) in [5.41, 5.74) is -0.362. The molecule has 0 aliphatic heterocycles. The Bertz CT molecular complexity index is 1300. The lowest BCUT2D eigenvalue weighted by atomic mass is 10.2. The largest absolute Gasteiger partial charge is 0.494 e. The smallest absolute Gasteiger partial charge is 0.332 e. The number of hydrogen-bond acceptors (Lipinski definition) is 5. The molecule has 0 atom stereocenters. The Balaban J connectivity index is 1.59. The van der Waals surface area contributed by atoms with Crippen molar-refractivity contribution in [1.82, 2.24) is 14.5 Å². The highest BCUT2D eigenvalue weighted by Crippen LogP contribution is 2.18.